The fourth-order valence-electron chi connectivity index (χ4n) is 7.50. The van der Waals surface area contributed by atoms with Crippen LogP contribution >= 0.6 is 0 Å². The van der Waals surface area contributed by atoms with E-state index in [1.165, 1.54) is 32.1 Å². The second-order valence-electron chi connectivity index (χ2n) is 18.3. The number of allylic oxidation sites excluding steroid dienone is 24. The number of esters is 1. The van der Waals surface area contributed by atoms with Crippen molar-refractivity contribution in [1.82, 2.24) is 0 Å². The Balaban J connectivity index is 2.24. The number of hydrogen-bond acceptors (Lipinski definition) is 9. The van der Waals surface area contributed by atoms with Crippen LogP contribution in [0.3, 0.4) is 0 Å². The summed E-state index contributed by atoms with van der Waals surface area (Å²) in [5.74, 6) is -0.355. The summed E-state index contributed by atoms with van der Waals surface area (Å²) < 4.78 is 22.9. The summed E-state index contributed by atoms with van der Waals surface area (Å²) in [6, 6.07) is 0. The van der Waals surface area contributed by atoms with E-state index in [9.17, 15) is 25.2 Å². The summed E-state index contributed by atoms with van der Waals surface area (Å²) in [7, 11) is 0. The minimum atomic E-state index is -1.56. The lowest BCUT2D eigenvalue weighted by Gasteiger charge is -2.39. The highest BCUT2D eigenvalue weighted by atomic mass is 16.7. The summed E-state index contributed by atoms with van der Waals surface area (Å²) >= 11 is 0. The van der Waals surface area contributed by atoms with Gasteiger partial charge in [0.05, 0.1) is 19.8 Å². The second kappa shape index (κ2) is 52.0. The zero-order chi connectivity index (χ0) is 52.1. The van der Waals surface area contributed by atoms with Crippen molar-refractivity contribution in [2.45, 2.75) is 218 Å². The van der Waals surface area contributed by atoms with E-state index in [4.69, 9.17) is 18.9 Å². The third-order valence-corrected chi connectivity index (χ3v) is 11.8. The topological polar surface area (TPSA) is 135 Å². The first-order chi connectivity index (χ1) is 35.4. The normalized spacial score (nSPS) is 19.9. The molecule has 0 spiro atoms. The first kappa shape index (κ1) is 66.1. The molecule has 0 aliphatic carbocycles. The number of ether oxygens (including phenoxy) is 4. The highest BCUT2D eigenvalue weighted by molar-refractivity contribution is 5.69. The van der Waals surface area contributed by atoms with Crippen molar-refractivity contribution < 1.29 is 44.2 Å². The van der Waals surface area contributed by atoms with E-state index in [1.54, 1.807) is 0 Å². The SMILES string of the molecule is CC/C=C\C/C=C\C/C=C\C/C=C\C/C=C\C/C=C\C/C=C\CCCCCC(=O)OC(COCCCCCCCCCC/C=C\C/C=C\C/C=C\C/C=C\C/C=C\CC)COC1OC(CO)C(O)C(O)C1O. The summed E-state index contributed by atoms with van der Waals surface area (Å²) in [4.78, 5) is 12.9. The number of aliphatic hydroxyl groups is 4. The molecule has 1 aliphatic rings. The fraction of sp³-hybridized carbons (Fsp3) is 0.603. The average Bonchev–Trinajstić information content (AvgIpc) is 3.38. The molecule has 4 N–H and O–H groups in total. The lowest BCUT2D eigenvalue weighted by Crippen LogP contribution is -2.59. The van der Waals surface area contributed by atoms with Gasteiger partial charge in [0.2, 0.25) is 0 Å². The van der Waals surface area contributed by atoms with Gasteiger partial charge < -0.3 is 39.4 Å². The van der Waals surface area contributed by atoms with Crippen LogP contribution in [0.5, 0.6) is 0 Å². The largest absolute Gasteiger partial charge is 0.457 e. The Bertz CT molecular complexity index is 1610. The maximum atomic E-state index is 12.9. The summed E-state index contributed by atoms with van der Waals surface area (Å²) in [5.41, 5.74) is 0. The van der Waals surface area contributed by atoms with Crippen LogP contribution in [-0.2, 0) is 23.7 Å². The van der Waals surface area contributed by atoms with Crippen molar-refractivity contribution >= 4 is 5.97 Å². The number of carbonyl (C=O) groups excluding carboxylic acids is 1. The smallest absolute Gasteiger partial charge is 0.306 e. The molecule has 0 radical (unpaired) electrons. The Hall–Kier alpha value is -3.93. The van der Waals surface area contributed by atoms with Crippen LogP contribution in [0.25, 0.3) is 0 Å². The zero-order valence-corrected chi connectivity index (χ0v) is 44.9. The molecule has 1 fully saturated rings. The van der Waals surface area contributed by atoms with Crippen LogP contribution in [0.1, 0.15) is 181 Å². The van der Waals surface area contributed by atoms with E-state index in [0.29, 0.717) is 13.0 Å². The van der Waals surface area contributed by atoms with E-state index in [1.807, 2.05) is 0 Å². The lowest BCUT2D eigenvalue weighted by atomic mass is 9.99. The molecule has 6 atom stereocenters. The minimum absolute atomic E-state index is 0.114. The van der Waals surface area contributed by atoms with Crippen LogP contribution in [-0.4, -0.2) is 89.6 Å². The van der Waals surface area contributed by atoms with Gasteiger partial charge in [-0.15, -0.1) is 0 Å². The van der Waals surface area contributed by atoms with Gasteiger partial charge in [0.15, 0.2) is 6.29 Å². The van der Waals surface area contributed by atoms with Crippen LogP contribution in [0, 0.1) is 0 Å². The molecule has 1 saturated heterocycles. The van der Waals surface area contributed by atoms with Crippen LogP contribution in [0.2, 0.25) is 0 Å². The molecule has 406 valence electrons. The van der Waals surface area contributed by atoms with Crippen molar-refractivity contribution in [3.8, 4) is 0 Å². The molecule has 0 saturated carbocycles. The van der Waals surface area contributed by atoms with Crippen LogP contribution < -0.4 is 0 Å². The molecule has 9 nitrogen and oxygen atoms in total. The molecule has 1 rings (SSSR count). The van der Waals surface area contributed by atoms with Crippen LogP contribution in [0.15, 0.2) is 146 Å². The molecule has 0 aromatic heterocycles. The first-order valence-electron chi connectivity index (χ1n) is 27.9. The average molecular weight is 1000 g/mol. The fourth-order valence-corrected chi connectivity index (χ4v) is 7.50. The Labute approximate surface area is 438 Å². The summed E-state index contributed by atoms with van der Waals surface area (Å²) in [6.45, 7) is 4.24. The molecule has 72 heavy (non-hydrogen) atoms. The monoisotopic (exact) mass is 1000 g/mol. The number of aliphatic hydroxyl groups excluding tert-OH is 4. The van der Waals surface area contributed by atoms with Gasteiger partial charge in [0, 0.05) is 13.0 Å². The number of carbonyl (C=O) groups is 1. The van der Waals surface area contributed by atoms with Gasteiger partial charge in [-0.05, 0) is 116 Å². The number of hydrogen-bond donors (Lipinski definition) is 4. The Morgan fingerprint density at radius 3 is 1.21 bits per heavy atom. The van der Waals surface area contributed by atoms with E-state index in [-0.39, 0.29) is 25.6 Å². The third-order valence-electron chi connectivity index (χ3n) is 11.8. The summed E-state index contributed by atoms with van der Waals surface area (Å²) in [5, 5.41) is 40.3. The van der Waals surface area contributed by atoms with Gasteiger partial charge in [-0.2, -0.15) is 0 Å². The molecule has 0 aromatic rings. The van der Waals surface area contributed by atoms with E-state index >= 15 is 0 Å². The number of unbranched alkanes of at least 4 members (excludes halogenated alkanes) is 11. The van der Waals surface area contributed by atoms with Crippen molar-refractivity contribution in [2.24, 2.45) is 0 Å². The van der Waals surface area contributed by atoms with Gasteiger partial charge in [-0.1, -0.05) is 205 Å². The molecule has 0 amide bonds. The van der Waals surface area contributed by atoms with Gasteiger partial charge in [-0.3, -0.25) is 4.79 Å². The van der Waals surface area contributed by atoms with Crippen molar-refractivity contribution in [1.29, 1.82) is 0 Å². The van der Waals surface area contributed by atoms with Crippen molar-refractivity contribution in [3.63, 3.8) is 0 Å². The number of rotatable bonds is 46. The first-order valence-corrected chi connectivity index (χ1v) is 27.9. The van der Waals surface area contributed by atoms with Crippen LogP contribution in [0.4, 0.5) is 0 Å². The molecule has 1 aliphatic heterocycles. The highest BCUT2D eigenvalue weighted by Gasteiger charge is 2.44. The van der Waals surface area contributed by atoms with Crippen molar-refractivity contribution in [3.05, 3.63) is 146 Å². The maximum Gasteiger partial charge on any atom is 0.306 e. The van der Waals surface area contributed by atoms with Crippen molar-refractivity contribution in [2.75, 3.05) is 26.4 Å². The van der Waals surface area contributed by atoms with Gasteiger partial charge >= 0.3 is 5.97 Å². The molecule has 6 unspecified atom stereocenters. The van der Waals surface area contributed by atoms with Gasteiger partial charge in [-0.25, -0.2) is 0 Å². The molecular formula is C63H100O9. The molecule has 1 heterocycles. The quantitative estimate of drug-likeness (QED) is 0.0267. The molecule has 0 bridgehead atoms. The second-order valence-corrected chi connectivity index (χ2v) is 18.3. The predicted molar refractivity (Wildman–Crippen MR) is 301 cm³/mol. The molecular weight excluding hydrogens is 901 g/mol. The lowest BCUT2D eigenvalue weighted by molar-refractivity contribution is -0.305. The standard InChI is InChI=1S/C63H100O9/c1-3-5-7-9-11-13-15-17-19-21-23-25-27-29-30-32-34-36-38-40-42-44-46-48-50-52-59(65)71-57(56-70-63-62(68)61(67)60(66)58(54-64)72-63)55-69-53-51-49-47-45-43-41-39-37-35-33-31-28-26-24-22-20-18-16-14-12-10-8-6-4-2/h5-8,11-14,17-20,23-26,29-31,33-34,36,40,42,57-58,60-64,66-68H,3-4,9-10,15-16,21-22,27-28,32,35,37-39,41,43-56H2,1-2H3/b7-5-,8-6-,13-11-,14-12-,19-17-,20-18-,25-23-,26-24-,30-29-,33-31-,36-34-,42-40-. The molecule has 0 aromatic carbocycles. The predicted octanol–water partition coefficient (Wildman–Crippen LogP) is 14.6. The summed E-state index contributed by atoms with van der Waals surface area (Å²) in [6.07, 6.45) is 71.7. The third kappa shape index (κ3) is 41.5. The Morgan fingerprint density at radius 2 is 0.806 bits per heavy atom. The van der Waals surface area contributed by atoms with Gasteiger partial charge in [0.25, 0.3) is 0 Å². The van der Waals surface area contributed by atoms with E-state index in [2.05, 4.69) is 160 Å². The maximum absolute atomic E-state index is 12.9. The molecule has 9 heteroatoms. The zero-order valence-electron chi connectivity index (χ0n) is 44.9. The van der Waals surface area contributed by atoms with Gasteiger partial charge in [0.1, 0.15) is 30.5 Å². The minimum Gasteiger partial charge on any atom is -0.457 e. The highest BCUT2D eigenvalue weighted by Crippen LogP contribution is 2.22. The Kier molecular flexibility index (Phi) is 47.7. The van der Waals surface area contributed by atoms with E-state index in [0.717, 1.165) is 122 Å². The Morgan fingerprint density at radius 1 is 0.444 bits per heavy atom. The van der Waals surface area contributed by atoms with E-state index < -0.39 is 43.4 Å².